The van der Waals surface area contributed by atoms with E-state index >= 15 is 0 Å². The lowest BCUT2D eigenvalue weighted by molar-refractivity contribution is 0.110. The molecule has 0 aliphatic carbocycles. The minimum atomic E-state index is -0.174. The molecule has 1 aromatic heterocycles. The van der Waals surface area contributed by atoms with Gasteiger partial charge in [0.25, 0.3) is 0 Å². The van der Waals surface area contributed by atoms with Crippen LogP contribution in [0.3, 0.4) is 0 Å². The van der Waals surface area contributed by atoms with E-state index in [0.29, 0.717) is 5.92 Å². The van der Waals surface area contributed by atoms with Gasteiger partial charge in [0.05, 0.1) is 6.10 Å². The molecule has 2 heterocycles. The molecule has 0 amide bonds. The van der Waals surface area contributed by atoms with E-state index in [0.717, 1.165) is 31.1 Å². The van der Waals surface area contributed by atoms with Gasteiger partial charge in [-0.15, -0.1) is 10.2 Å². The monoisotopic (exact) mass is 213 g/mol. The molecule has 4 nitrogen and oxygen atoms in total. The molecule has 1 atom stereocenters. The number of hydrogen-bond donors (Lipinski definition) is 1. The van der Waals surface area contributed by atoms with Gasteiger partial charge >= 0.3 is 0 Å². The number of aromatic nitrogens is 2. The predicted molar refractivity (Wildman–Crippen MR) is 56.5 cm³/mol. The van der Waals surface area contributed by atoms with Crippen LogP contribution in [0.5, 0.6) is 0 Å². The van der Waals surface area contributed by atoms with Gasteiger partial charge in [-0.1, -0.05) is 11.3 Å². The molecule has 1 saturated heterocycles. The zero-order valence-corrected chi connectivity index (χ0v) is 9.07. The third-order valence-electron chi connectivity index (χ3n) is 2.84. The number of nitrogens with zero attached hydrogens (tertiary/aromatic N) is 3. The van der Waals surface area contributed by atoms with Gasteiger partial charge in [-0.3, -0.25) is 0 Å². The molecular formula is C9H15N3OS. The summed E-state index contributed by atoms with van der Waals surface area (Å²) in [7, 11) is 0. The number of aliphatic hydroxyl groups excluding tert-OH is 1. The summed E-state index contributed by atoms with van der Waals surface area (Å²) >= 11 is 1.58. The van der Waals surface area contributed by atoms with Crippen LogP contribution in [0.2, 0.25) is 0 Å². The van der Waals surface area contributed by atoms with Crippen molar-refractivity contribution in [1.29, 1.82) is 0 Å². The van der Waals surface area contributed by atoms with Gasteiger partial charge in [0.1, 0.15) is 5.51 Å². The van der Waals surface area contributed by atoms with Crippen molar-refractivity contribution in [2.45, 2.75) is 25.9 Å². The van der Waals surface area contributed by atoms with Gasteiger partial charge in [0.2, 0.25) is 5.13 Å². The van der Waals surface area contributed by atoms with E-state index in [1.807, 2.05) is 6.92 Å². The van der Waals surface area contributed by atoms with Crippen LogP contribution in [0.15, 0.2) is 5.51 Å². The first-order valence-electron chi connectivity index (χ1n) is 4.96. The summed E-state index contributed by atoms with van der Waals surface area (Å²) in [5.74, 6) is 0.458. The lowest BCUT2D eigenvalue weighted by atomic mass is 9.92. The molecule has 78 valence electrons. The second kappa shape index (κ2) is 4.23. The molecule has 1 N–H and O–H groups in total. The van der Waals surface area contributed by atoms with Gasteiger partial charge in [0, 0.05) is 13.1 Å². The summed E-state index contributed by atoms with van der Waals surface area (Å²) < 4.78 is 0. The van der Waals surface area contributed by atoms with E-state index in [-0.39, 0.29) is 6.10 Å². The van der Waals surface area contributed by atoms with Crippen molar-refractivity contribution in [3.63, 3.8) is 0 Å². The van der Waals surface area contributed by atoms with Crippen LogP contribution in [0.1, 0.15) is 19.8 Å². The van der Waals surface area contributed by atoms with Crippen molar-refractivity contribution in [2.75, 3.05) is 18.0 Å². The van der Waals surface area contributed by atoms with E-state index in [4.69, 9.17) is 0 Å². The fraction of sp³-hybridized carbons (Fsp3) is 0.778. The van der Waals surface area contributed by atoms with Crippen molar-refractivity contribution in [3.8, 4) is 0 Å². The molecule has 14 heavy (non-hydrogen) atoms. The molecule has 1 aliphatic heterocycles. The fourth-order valence-corrected chi connectivity index (χ4v) is 2.49. The van der Waals surface area contributed by atoms with Crippen LogP contribution in [0.4, 0.5) is 5.13 Å². The Kier molecular flexibility index (Phi) is 2.98. The maximum atomic E-state index is 9.45. The summed E-state index contributed by atoms with van der Waals surface area (Å²) in [5.41, 5.74) is 1.76. The third-order valence-corrected chi connectivity index (χ3v) is 3.59. The first-order valence-corrected chi connectivity index (χ1v) is 5.84. The van der Waals surface area contributed by atoms with Crippen LogP contribution >= 0.6 is 11.3 Å². The molecule has 2 rings (SSSR count). The molecule has 1 fully saturated rings. The molecular weight excluding hydrogens is 198 g/mol. The highest BCUT2D eigenvalue weighted by atomic mass is 32.1. The zero-order valence-electron chi connectivity index (χ0n) is 8.26. The highest BCUT2D eigenvalue weighted by molar-refractivity contribution is 7.13. The van der Waals surface area contributed by atoms with E-state index in [9.17, 15) is 5.11 Å². The van der Waals surface area contributed by atoms with Crippen molar-refractivity contribution in [3.05, 3.63) is 5.51 Å². The van der Waals surface area contributed by atoms with Crippen molar-refractivity contribution < 1.29 is 5.11 Å². The number of hydrogen-bond acceptors (Lipinski definition) is 5. The molecule has 1 aliphatic rings. The quantitative estimate of drug-likeness (QED) is 0.800. The predicted octanol–water partition coefficient (Wildman–Crippen LogP) is 1.14. The van der Waals surface area contributed by atoms with Gasteiger partial charge < -0.3 is 10.0 Å². The molecule has 5 heteroatoms. The van der Waals surface area contributed by atoms with Crippen LogP contribution < -0.4 is 4.90 Å². The highest BCUT2D eigenvalue weighted by Crippen LogP contribution is 2.25. The average molecular weight is 213 g/mol. The van der Waals surface area contributed by atoms with Crippen molar-refractivity contribution >= 4 is 16.5 Å². The Bertz CT molecular complexity index is 268. The van der Waals surface area contributed by atoms with Crippen molar-refractivity contribution in [1.82, 2.24) is 10.2 Å². The number of anilines is 1. The summed E-state index contributed by atoms with van der Waals surface area (Å²) in [6.07, 6.45) is 1.93. The lowest BCUT2D eigenvalue weighted by Gasteiger charge is -2.32. The Labute approximate surface area is 87.6 Å². The summed E-state index contributed by atoms with van der Waals surface area (Å²) in [6.45, 7) is 3.86. The first-order chi connectivity index (χ1) is 6.77. The van der Waals surface area contributed by atoms with E-state index in [1.165, 1.54) is 0 Å². The number of rotatable bonds is 2. The van der Waals surface area contributed by atoms with Crippen LogP contribution in [0.25, 0.3) is 0 Å². The largest absolute Gasteiger partial charge is 0.393 e. The molecule has 0 saturated carbocycles. The zero-order chi connectivity index (χ0) is 9.97. The van der Waals surface area contributed by atoms with Gasteiger partial charge in [-0.25, -0.2) is 0 Å². The van der Waals surface area contributed by atoms with Gasteiger partial charge in [-0.2, -0.15) is 0 Å². The number of aliphatic hydroxyl groups is 1. The molecule has 1 unspecified atom stereocenters. The van der Waals surface area contributed by atoms with Crippen LogP contribution in [-0.4, -0.2) is 34.5 Å². The summed E-state index contributed by atoms with van der Waals surface area (Å²) in [6, 6.07) is 0. The smallest absolute Gasteiger partial charge is 0.208 e. The second-order valence-electron chi connectivity index (χ2n) is 3.79. The van der Waals surface area contributed by atoms with Crippen LogP contribution in [0, 0.1) is 5.92 Å². The molecule has 0 radical (unpaired) electrons. The standard InChI is InChI=1S/C9H15N3OS/c1-7(13)8-2-4-12(5-3-8)9-11-10-6-14-9/h6-8,13H,2-5H2,1H3. The summed E-state index contributed by atoms with van der Waals surface area (Å²) in [4.78, 5) is 2.25. The van der Waals surface area contributed by atoms with E-state index in [1.54, 1.807) is 16.8 Å². The first kappa shape index (κ1) is 9.86. The molecule has 0 aromatic carbocycles. The Hall–Kier alpha value is -0.680. The fourth-order valence-electron chi connectivity index (χ4n) is 1.88. The second-order valence-corrected chi connectivity index (χ2v) is 4.60. The van der Waals surface area contributed by atoms with Gasteiger partial charge in [0.15, 0.2) is 0 Å². The topological polar surface area (TPSA) is 49.2 Å². The minimum Gasteiger partial charge on any atom is -0.393 e. The maximum absolute atomic E-state index is 9.45. The van der Waals surface area contributed by atoms with Gasteiger partial charge in [-0.05, 0) is 25.7 Å². The Morgan fingerprint density at radius 2 is 2.29 bits per heavy atom. The minimum absolute atomic E-state index is 0.174. The number of piperidine rings is 1. The Morgan fingerprint density at radius 1 is 1.57 bits per heavy atom. The van der Waals surface area contributed by atoms with E-state index < -0.39 is 0 Å². The van der Waals surface area contributed by atoms with Crippen LogP contribution in [-0.2, 0) is 0 Å². The molecule has 0 bridgehead atoms. The van der Waals surface area contributed by atoms with E-state index in [2.05, 4.69) is 15.1 Å². The third kappa shape index (κ3) is 2.04. The molecule has 1 aromatic rings. The van der Waals surface area contributed by atoms with Crippen molar-refractivity contribution in [2.24, 2.45) is 5.92 Å². The Morgan fingerprint density at radius 3 is 2.79 bits per heavy atom. The Balaban J connectivity index is 1.90. The molecule has 0 spiro atoms. The normalized spacial score (nSPS) is 21.1. The SMILES string of the molecule is CC(O)C1CCN(c2nncs2)CC1. The lowest BCUT2D eigenvalue weighted by Crippen LogP contribution is -2.36. The maximum Gasteiger partial charge on any atom is 0.208 e. The summed E-state index contributed by atoms with van der Waals surface area (Å²) in [5, 5.41) is 18.3. The highest BCUT2D eigenvalue weighted by Gasteiger charge is 2.23. The average Bonchev–Trinajstić information content (AvgIpc) is 2.71.